The van der Waals surface area contributed by atoms with Crippen molar-refractivity contribution in [2.75, 3.05) is 18.5 Å². The smallest absolute Gasteiger partial charge is 0.259 e. The van der Waals surface area contributed by atoms with E-state index in [0.29, 0.717) is 6.61 Å². The van der Waals surface area contributed by atoms with Gasteiger partial charge in [-0.05, 0) is 48.7 Å². The van der Waals surface area contributed by atoms with Gasteiger partial charge in [0.15, 0.2) is 0 Å². The second-order valence-electron chi connectivity index (χ2n) is 6.55. The number of ether oxygens (including phenoxy) is 1. The second-order valence-corrected chi connectivity index (χ2v) is 6.55. The van der Waals surface area contributed by atoms with E-state index in [-0.39, 0.29) is 12.5 Å². The summed E-state index contributed by atoms with van der Waals surface area (Å²) in [6.07, 6.45) is 1.64. The molecule has 0 aliphatic carbocycles. The summed E-state index contributed by atoms with van der Waals surface area (Å²) < 4.78 is 5.72. The third-order valence-electron chi connectivity index (χ3n) is 4.52. The molecule has 0 aromatic heterocycles. The fraction of sp³-hybridized carbons (Fsp3) is 0.217. The number of hydrogen-bond donors (Lipinski definition) is 2. The van der Waals surface area contributed by atoms with Gasteiger partial charge in [-0.3, -0.25) is 4.79 Å². The lowest BCUT2D eigenvalue weighted by Crippen LogP contribution is -2.26. The number of hydrogen-bond acceptors (Lipinski definition) is 4. The molecule has 3 aromatic rings. The highest BCUT2D eigenvalue weighted by molar-refractivity contribution is 6.02. The average Bonchev–Trinajstić information content (AvgIpc) is 2.69. The predicted octanol–water partition coefficient (Wildman–Crippen LogP) is 4.42. The number of nitrogens with zero attached hydrogens (tertiary/aromatic N) is 1. The summed E-state index contributed by atoms with van der Waals surface area (Å²) in [5.41, 5.74) is 6.63. The topological polar surface area (TPSA) is 62.7 Å². The Morgan fingerprint density at radius 2 is 1.79 bits per heavy atom. The van der Waals surface area contributed by atoms with Gasteiger partial charge >= 0.3 is 0 Å². The first-order valence-corrected chi connectivity index (χ1v) is 9.36. The lowest BCUT2D eigenvalue weighted by molar-refractivity contribution is -0.119. The minimum atomic E-state index is -0.211. The number of benzene rings is 3. The molecular formula is C23H25N3O2. The summed E-state index contributed by atoms with van der Waals surface area (Å²) in [6, 6.07) is 18.0. The van der Waals surface area contributed by atoms with Crippen LogP contribution in [-0.2, 0) is 4.79 Å². The van der Waals surface area contributed by atoms with Crippen molar-refractivity contribution in [2.24, 2.45) is 5.10 Å². The van der Waals surface area contributed by atoms with Gasteiger partial charge in [0.1, 0.15) is 5.75 Å². The highest BCUT2D eigenvalue weighted by Gasteiger charge is 2.08. The van der Waals surface area contributed by atoms with Gasteiger partial charge in [0, 0.05) is 11.3 Å². The highest BCUT2D eigenvalue weighted by atomic mass is 16.5. The zero-order valence-electron chi connectivity index (χ0n) is 16.5. The molecule has 0 aliphatic heterocycles. The van der Waals surface area contributed by atoms with E-state index in [2.05, 4.69) is 15.8 Å². The van der Waals surface area contributed by atoms with E-state index in [1.807, 2.05) is 75.4 Å². The van der Waals surface area contributed by atoms with E-state index in [1.165, 1.54) is 0 Å². The lowest BCUT2D eigenvalue weighted by atomic mass is 10.0. The molecule has 0 fully saturated rings. The Morgan fingerprint density at radius 1 is 1.04 bits per heavy atom. The molecule has 3 rings (SSSR count). The van der Waals surface area contributed by atoms with E-state index in [0.717, 1.165) is 38.9 Å². The summed E-state index contributed by atoms with van der Waals surface area (Å²) in [7, 11) is 0. The highest BCUT2D eigenvalue weighted by Crippen LogP contribution is 2.26. The molecule has 2 N–H and O–H groups in total. The molecule has 0 heterocycles. The molecule has 0 radical (unpaired) electrons. The first kappa shape index (κ1) is 19.4. The van der Waals surface area contributed by atoms with Crippen molar-refractivity contribution >= 4 is 28.6 Å². The van der Waals surface area contributed by atoms with Crippen LogP contribution >= 0.6 is 0 Å². The van der Waals surface area contributed by atoms with Gasteiger partial charge in [-0.2, -0.15) is 5.10 Å². The minimum Gasteiger partial charge on any atom is -0.493 e. The fourth-order valence-electron chi connectivity index (χ4n) is 3.16. The number of fused-ring (bicyclic) bond motifs is 1. The number of carbonyl (C=O) groups is 1. The lowest BCUT2D eigenvalue weighted by Gasteiger charge is -2.12. The van der Waals surface area contributed by atoms with Gasteiger partial charge in [0.25, 0.3) is 5.91 Å². The van der Waals surface area contributed by atoms with Crippen molar-refractivity contribution in [3.8, 4) is 5.75 Å². The number of para-hydroxylation sites is 1. The fourth-order valence-corrected chi connectivity index (χ4v) is 3.16. The van der Waals surface area contributed by atoms with Crippen molar-refractivity contribution < 1.29 is 9.53 Å². The van der Waals surface area contributed by atoms with Crippen molar-refractivity contribution in [3.05, 3.63) is 71.3 Å². The van der Waals surface area contributed by atoms with E-state index in [9.17, 15) is 4.79 Å². The normalized spacial score (nSPS) is 11.0. The summed E-state index contributed by atoms with van der Waals surface area (Å²) in [5.74, 6) is 0.532. The van der Waals surface area contributed by atoms with E-state index >= 15 is 0 Å². The van der Waals surface area contributed by atoms with Crippen LogP contribution in [0.5, 0.6) is 5.75 Å². The molecule has 0 saturated heterocycles. The molecule has 0 aliphatic rings. The molecule has 0 atom stereocenters. The summed E-state index contributed by atoms with van der Waals surface area (Å²) >= 11 is 0. The van der Waals surface area contributed by atoms with Crippen molar-refractivity contribution in [1.29, 1.82) is 0 Å². The zero-order valence-corrected chi connectivity index (χ0v) is 16.5. The molecule has 1 amide bonds. The number of hydrazone groups is 1. The number of rotatable bonds is 7. The molecule has 3 aromatic carbocycles. The van der Waals surface area contributed by atoms with Crippen LogP contribution < -0.4 is 15.5 Å². The minimum absolute atomic E-state index is 0.150. The maximum absolute atomic E-state index is 12.2. The van der Waals surface area contributed by atoms with Crippen LogP contribution in [0.15, 0.2) is 59.7 Å². The van der Waals surface area contributed by atoms with E-state index in [4.69, 9.17) is 4.74 Å². The maximum Gasteiger partial charge on any atom is 0.259 e. The van der Waals surface area contributed by atoms with Crippen LogP contribution in [0.1, 0.15) is 23.6 Å². The number of anilines is 1. The Kier molecular flexibility index (Phi) is 6.27. The van der Waals surface area contributed by atoms with Crippen LogP contribution in [0.25, 0.3) is 10.8 Å². The Labute approximate surface area is 165 Å². The van der Waals surface area contributed by atoms with E-state index < -0.39 is 0 Å². The van der Waals surface area contributed by atoms with Crippen molar-refractivity contribution in [1.82, 2.24) is 5.43 Å². The molecular weight excluding hydrogens is 350 g/mol. The van der Waals surface area contributed by atoms with Crippen LogP contribution in [0.4, 0.5) is 5.69 Å². The zero-order chi connectivity index (χ0) is 19.9. The van der Waals surface area contributed by atoms with Gasteiger partial charge in [0.05, 0.1) is 19.4 Å². The number of nitrogens with one attached hydrogen (secondary N) is 2. The van der Waals surface area contributed by atoms with Crippen molar-refractivity contribution in [2.45, 2.75) is 20.8 Å². The first-order valence-electron chi connectivity index (χ1n) is 9.36. The molecule has 5 heteroatoms. The third-order valence-corrected chi connectivity index (χ3v) is 4.52. The first-order chi connectivity index (χ1) is 13.6. The molecule has 144 valence electrons. The van der Waals surface area contributed by atoms with Gasteiger partial charge < -0.3 is 10.1 Å². The van der Waals surface area contributed by atoms with Crippen LogP contribution in [0.2, 0.25) is 0 Å². The third kappa shape index (κ3) is 4.49. The van der Waals surface area contributed by atoms with E-state index in [1.54, 1.807) is 6.21 Å². The summed E-state index contributed by atoms with van der Waals surface area (Å²) in [4.78, 5) is 12.2. The number of amides is 1. The molecule has 0 saturated carbocycles. The van der Waals surface area contributed by atoms with Crippen LogP contribution in [0.3, 0.4) is 0 Å². The summed E-state index contributed by atoms with van der Waals surface area (Å²) in [5, 5.41) is 9.45. The van der Waals surface area contributed by atoms with Gasteiger partial charge in [-0.25, -0.2) is 5.43 Å². The predicted molar refractivity (Wildman–Crippen MR) is 115 cm³/mol. The average molecular weight is 375 g/mol. The SMILES string of the molecule is CCOc1ccc2ccccc2c1/C=N/NC(=O)CNc1c(C)cccc1C. The quantitative estimate of drug-likeness (QED) is 0.475. The molecule has 0 unspecified atom stereocenters. The standard InChI is InChI=1S/C23H25N3O2/c1-4-28-21-13-12-18-10-5-6-11-19(18)20(21)14-25-26-22(27)15-24-23-16(2)8-7-9-17(23)3/h5-14,24H,4,15H2,1-3H3,(H,26,27)/b25-14+. The maximum atomic E-state index is 12.2. The molecule has 5 nitrogen and oxygen atoms in total. The Morgan fingerprint density at radius 3 is 2.54 bits per heavy atom. The largest absolute Gasteiger partial charge is 0.493 e. The Hall–Kier alpha value is -3.34. The summed E-state index contributed by atoms with van der Waals surface area (Å²) in [6.45, 7) is 6.68. The monoisotopic (exact) mass is 375 g/mol. The van der Waals surface area contributed by atoms with Crippen LogP contribution in [-0.4, -0.2) is 25.3 Å². The van der Waals surface area contributed by atoms with Gasteiger partial charge in [-0.1, -0.05) is 48.5 Å². The van der Waals surface area contributed by atoms with Crippen LogP contribution in [0, 0.1) is 13.8 Å². The number of aryl methyl sites for hydroxylation is 2. The van der Waals surface area contributed by atoms with Crippen molar-refractivity contribution in [3.63, 3.8) is 0 Å². The Bertz CT molecular complexity index is 992. The van der Waals surface area contributed by atoms with Gasteiger partial charge in [0.2, 0.25) is 0 Å². The Balaban J connectivity index is 1.70. The second kappa shape index (κ2) is 9.04. The van der Waals surface area contributed by atoms with Gasteiger partial charge in [-0.15, -0.1) is 0 Å². The molecule has 0 spiro atoms. The number of carbonyl (C=O) groups excluding carboxylic acids is 1. The molecule has 28 heavy (non-hydrogen) atoms. The molecule has 0 bridgehead atoms.